The van der Waals surface area contributed by atoms with Crippen LogP contribution in [0.5, 0.6) is 0 Å². The fourth-order valence-electron chi connectivity index (χ4n) is 0.824. The maximum atomic E-state index is 5.31. The van der Waals surface area contributed by atoms with Crippen molar-refractivity contribution in [3.8, 4) is 0 Å². The van der Waals surface area contributed by atoms with E-state index in [-0.39, 0.29) is 5.04 Å². The molecule has 0 aromatic rings. The topological polar surface area (TPSA) is 21.6 Å². The van der Waals surface area contributed by atoms with Gasteiger partial charge in [-0.3, -0.25) is 4.66 Å². The summed E-state index contributed by atoms with van der Waals surface area (Å²) >= 11 is 0. The number of ether oxygens (including phenoxy) is 1. The second-order valence-electron chi connectivity index (χ2n) is 5.04. The van der Waals surface area contributed by atoms with Crippen LogP contribution in [0.3, 0.4) is 0 Å². The van der Waals surface area contributed by atoms with Crippen molar-refractivity contribution in [2.75, 3.05) is 7.11 Å². The molecule has 0 saturated heterocycles. The largest absolute Gasteiger partial charge is 0.485 e. The predicted octanol–water partition coefficient (Wildman–Crippen LogP) is 1.43. The Balaban J connectivity index is 4.68. The van der Waals surface area contributed by atoms with Crippen LogP contribution in [-0.2, 0) is 4.74 Å². The van der Waals surface area contributed by atoms with E-state index in [9.17, 15) is 0 Å². The van der Waals surface area contributed by atoms with Gasteiger partial charge in [0.25, 0.3) is 0 Å². The molecule has 12 heavy (non-hydrogen) atoms. The highest BCUT2D eigenvalue weighted by atomic mass is 28.3. The normalized spacial score (nSPS) is 15.0. The van der Waals surface area contributed by atoms with E-state index in [1.54, 1.807) is 7.11 Å². The van der Waals surface area contributed by atoms with E-state index in [2.05, 4.69) is 38.1 Å². The number of hydrogen-bond donors (Lipinski definition) is 0. The molecule has 72 valence electrons. The highest BCUT2D eigenvalue weighted by Gasteiger charge is 2.23. The Hall–Kier alpha value is -0.0962. The van der Waals surface area contributed by atoms with Crippen molar-refractivity contribution < 1.29 is 4.74 Å². The molecule has 4 heteroatoms. The fraction of sp³-hybridized carbons (Fsp3) is 0.875. The lowest BCUT2D eigenvalue weighted by molar-refractivity contribution is 0.379. The van der Waals surface area contributed by atoms with Crippen molar-refractivity contribution in [1.82, 2.24) is 0 Å². The Morgan fingerprint density at radius 2 is 1.75 bits per heavy atom. The lowest BCUT2D eigenvalue weighted by Gasteiger charge is -2.23. The van der Waals surface area contributed by atoms with Gasteiger partial charge in [0, 0.05) is 15.3 Å². The van der Waals surface area contributed by atoms with E-state index in [4.69, 9.17) is 4.74 Å². The van der Waals surface area contributed by atoms with Crippen LogP contribution in [0.15, 0.2) is 4.66 Å². The summed E-state index contributed by atoms with van der Waals surface area (Å²) in [5, 5.41) is 0.176. The van der Waals surface area contributed by atoms with Crippen LogP contribution in [0.1, 0.15) is 13.8 Å². The number of hydrogen-bond acceptors (Lipinski definition) is 2. The van der Waals surface area contributed by atoms with Crippen LogP contribution in [0, 0.1) is 0 Å². The molecular formula is C8H21NOSi2. The Morgan fingerprint density at radius 1 is 1.33 bits per heavy atom. The third-order valence-electron chi connectivity index (χ3n) is 1.27. The number of rotatable bonds is 2. The molecule has 0 fully saturated rings. The monoisotopic (exact) mass is 203 g/mol. The van der Waals surface area contributed by atoms with E-state index < -0.39 is 8.24 Å². The summed E-state index contributed by atoms with van der Waals surface area (Å²) in [6, 6.07) is 0. The van der Waals surface area contributed by atoms with Crippen molar-refractivity contribution in [2.24, 2.45) is 4.66 Å². The molecule has 0 aliphatic carbocycles. The second kappa shape index (κ2) is 3.74. The van der Waals surface area contributed by atoms with Crippen LogP contribution in [-0.4, -0.2) is 31.5 Å². The third-order valence-corrected chi connectivity index (χ3v) is 2.57. The summed E-state index contributed by atoms with van der Waals surface area (Å²) in [5.74, 6) is 0.938. The first-order valence-electron chi connectivity index (χ1n) is 4.31. The zero-order chi connectivity index (χ0) is 9.99. The Morgan fingerprint density at radius 3 is 1.83 bits per heavy atom. The highest BCUT2D eigenvalue weighted by molar-refractivity contribution is 6.75. The van der Waals surface area contributed by atoms with Crippen molar-refractivity contribution in [2.45, 2.75) is 38.5 Å². The highest BCUT2D eigenvalue weighted by Crippen LogP contribution is 2.23. The van der Waals surface area contributed by atoms with Crippen molar-refractivity contribution >= 4 is 24.4 Å². The molecule has 0 aromatic carbocycles. The smallest absolute Gasteiger partial charge is 0.176 e. The summed E-state index contributed by atoms with van der Waals surface area (Å²) in [5.41, 5.74) is 0. The van der Waals surface area contributed by atoms with Crippen molar-refractivity contribution in [3.63, 3.8) is 0 Å². The Labute approximate surface area is 79.9 Å². The van der Waals surface area contributed by atoms with E-state index in [0.29, 0.717) is 0 Å². The summed E-state index contributed by atoms with van der Waals surface area (Å²) in [6.45, 7) is 11.0. The standard InChI is InChI=1S/C8H21NOSi2/c1-8(2,11)7(10-3)9-12(4,5)6/h1-6,11H3. The van der Waals surface area contributed by atoms with Crippen LogP contribution < -0.4 is 0 Å². The Bertz CT molecular complexity index is 176. The fourth-order valence-corrected chi connectivity index (χ4v) is 2.40. The lowest BCUT2D eigenvalue weighted by Crippen LogP contribution is -2.27. The average Bonchev–Trinajstić information content (AvgIpc) is 1.78. The van der Waals surface area contributed by atoms with Gasteiger partial charge in [-0.2, -0.15) is 0 Å². The van der Waals surface area contributed by atoms with E-state index in [1.807, 2.05) is 0 Å². The minimum Gasteiger partial charge on any atom is -0.485 e. The molecule has 0 rings (SSSR count). The van der Waals surface area contributed by atoms with Crippen LogP contribution in [0.4, 0.5) is 0 Å². The lowest BCUT2D eigenvalue weighted by atomic mass is 10.2. The van der Waals surface area contributed by atoms with Gasteiger partial charge in [-0.05, 0) is 19.6 Å². The molecule has 0 unspecified atom stereocenters. The van der Waals surface area contributed by atoms with Gasteiger partial charge in [-0.15, -0.1) is 0 Å². The summed E-state index contributed by atoms with van der Waals surface area (Å²) in [6.07, 6.45) is 0. The second-order valence-corrected chi connectivity index (χ2v) is 12.1. The SMILES string of the molecule is COC(=N[Si](C)(C)C)C(C)(C)[SiH3]. The summed E-state index contributed by atoms with van der Waals surface area (Å²) in [4.78, 5) is 0. The molecule has 0 saturated carbocycles. The maximum absolute atomic E-state index is 5.31. The zero-order valence-corrected chi connectivity index (χ0v) is 12.4. The quantitative estimate of drug-likeness (QED) is 0.378. The van der Waals surface area contributed by atoms with Crippen LogP contribution >= 0.6 is 0 Å². The molecule has 0 aliphatic heterocycles. The molecule has 2 nitrogen and oxygen atoms in total. The maximum Gasteiger partial charge on any atom is 0.176 e. The van der Waals surface area contributed by atoms with Crippen LogP contribution in [0.25, 0.3) is 0 Å². The van der Waals surface area contributed by atoms with Gasteiger partial charge in [0.2, 0.25) is 0 Å². The van der Waals surface area contributed by atoms with Gasteiger partial charge < -0.3 is 4.74 Å². The van der Waals surface area contributed by atoms with E-state index in [0.717, 1.165) is 16.1 Å². The minimum absolute atomic E-state index is 0.176. The first-order valence-corrected chi connectivity index (χ1v) is 8.76. The van der Waals surface area contributed by atoms with Gasteiger partial charge in [0.1, 0.15) is 0 Å². The Kier molecular flexibility index (Phi) is 3.71. The molecule has 0 heterocycles. The number of nitrogens with zero attached hydrogens (tertiary/aromatic N) is 1. The van der Waals surface area contributed by atoms with Gasteiger partial charge in [0.05, 0.1) is 7.11 Å². The van der Waals surface area contributed by atoms with Gasteiger partial charge in [-0.25, -0.2) is 0 Å². The molecule has 0 atom stereocenters. The molecule has 0 spiro atoms. The van der Waals surface area contributed by atoms with E-state index >= 15 is 0 Å². The zero-order valence-electron chi connectivity index (χ0n) is 9.36. The average molecular weight is 203 g/mol. The first kappa shape index (κ1) is 11.9. The third kappa shape index (κ3) is 4.72. The summed E-state index contributed by atoms with van der Waals surface area (Å²) in [7, 11) is 1.44. The molecule has 0 aliphatic rings. The molecular weight excluding hydrogens is 182 g/mol. The minimum atomic E-state index is -1.37. The molecule has 0 bridgehead atoms. The molecule has 0 amide bonds. The van der Waals surface area contributed by atoms with Gasteiger partial charge in [-0.1, -0.05) is 13.8 Å². The van der Waals surface area contributed by atoms with Crippen molar-refractivity contribution in [1.29, 1.82) is 0 Å². The van der Waals surface area contributed by atoms with Crippen LogP contribution in [0.2, 0.25) is 24.7 Å². The molecule has 0 radical (unpaired) electrons. The van der Waals surface area contributed by atoms with Gasteiger partial charge in [0.15, 0.2) is 14.1 Å². The molecule has 0 N–H and O–H groups in total. The summed E-state index contributed by atoms with van der Waals surface area (Å²) < 4.78 is 9.98. The van der Waals surface area contributed by atoms with Gasteiger partial charge >= 0.3 is 0 Å². The first-order chi connectivity index (χ1) is 5.17. The predicted molar refractivity (Wildman–Crippen MR) is 61.8 cm³/mol. The molecule has 0 aromatic heterocycles. The number of methoxy groups -OCH3 is 1. The van der Waals surface area contributed by atoms with Crippen molar-refractivity contribution in [3.05, 3.63) is 0 Å². The van der Waals surface area contributed by atoms with E-state index in [1.165, 1.54) is 0 Å².